The van der Waals surface area contributed by atoms with Gasteiger partial charge >= 0.3 is 0 Å². The Balaban J connectivity index is 1.24. The molecule has 180 valence electrons. The van der Waals surface area contributed by atoms with Crippen molar-refractivity contribution in [2.45, 2.75) is 32.3 Å². The largest absolute Gasteiger partial charge is 0.493 e. The van der Waals surface area contributed by atoms with Gasteiger partial charge in [0.1, 0.15) is 12.3 Å². The number of aromatic nitrogens is 3. The Bertz CT molecular complexity index is 1290. The van der Waals surface area contributed by atoms with E-state index >= 15 is 0 Å². The molecule has 7 nitrogen and oxygen atoms in total. The minimum absolute atomic E-state index is 0.0337. The van der Waals surface area contributed by atoms with Gasteiger partial charge in [-0.05, 0) is 73.6 Å². The highest BCUT2D eigenvalue weighted by Crippen LogP contribution is 2.30. The summed E-state index contributed by atoms with van der Waals surface area (Å²) in [6.45, 7) is 1.82. The zero-order chi connectivity index (χ0) is 24.0. The summed E-state index contributed by atoms with van der Waals surface area (Å²) in [4.78, 5) is 24.2. The van der Waals surface area contributed by atoms with Gasteiger partial charge in [-0.25, -0.2) is 4.98 Å². The van der Waals surface area contributed by atoms with Gasteiger partial charge in [0.05, 0.1) is 12.8 Å². The fourth-order valence-corrected chi connectivity index (χ4v) is 4.79. The average molecular weight is 471 g/mol. The molecule has 0 aliphatic carbocycles. The molecule has 35 heavy (non-hydrogen) atoms. The minimum Gasteiger partial charge on any atom is -0.493 e. The molecule has 0 N–H and O–H groups in total. The molecule has 0 bridgehead atoms. The van der Waals surface area contributed by atoms with Crippen molar-refractivity contribution in [3.63, 3.8) is 0 Å². The number of carbonyl (C=O) groups is 1. The van der Waals surface area contributed by atoms with E-state index in [9.17, 15) is 4.79 Å². The molecule has 0 radical (unpaired) electrons. The lowest BCUT2D eigenvalue weighted by Crippen LogP contribution is -2.32. The highest BCUT2D eigenvalue weighted by atomic mass is 16.5. The van der Waals surface area contributed by atoms with E-state index in [1.165, 1.54) is 5.56 Å². The van der Waals surface area contributed by atoms with E-state index in [0.29, 0.717) is 29.6 Å². The minimum atomic E-state index is 0.0337. The lowest BCUT2D eigenvalue weighted by atomic mass is 9.93. The van der Waals surface area contributed by atoms with Crippen molar-refractivity contribution in [3.8, 4) is 11.5 Å². The number of hydrogen-bond donors (Lipinski definition) is 0. The highest BCUT2D eigenvalue weighted by molar-refractivity contribution is 5.95. The predicted octanol–water partition coefficient (Wildman–Crippen LogP) is 4.80. The monoisotopic (exact) mass is 470 g/mol. The second kappa shape index (κ2) is 10.6. The molecule has 1 amide bonds. The van der Waals surface area contributed by atoms with Gasteiger partial charge in [-0.15, -0.1) is 0 Å². The summed E-state index contributed by atoms with van der Waals surface area (Å²) in [5, 5.41) is 0. The molecule has 1 saturated heterocycles. The molecular formula is C28H30N4O3. The Kier molecular flexibility index (Phi) is 6.93. The van der Waals surface area contributed by atoms with E-state index in [0.717, 1.165) is 50.1 Å². The fraction of sp³-hybridized carbons (Fsp3) is 0.321. The standard InChI is InChI=1S/C28H30N4O3/c1-34-25-10-9-23(19-26(25)35-20-24-8-2-3-12-29-24)28(33)32-15-4-6-21(11-16-32)18-22-7-5-14-31-17-13-30-27(22)31/h2-3,5,7-10,12-14,17,19,21H,4,6,11,15-16,18,20H2,1H3/t21-/m0/s1. The molecule has 3 aromatic heterocycles. The number of benzene rings is 1. The Morgan fingerprint density at radius 1 is 1.00 bits per heavy atom. The number of rotatable bonds is 7. The van der Waals surface area contributed by atoms with Gasteiger partial charge < -0.3 is 18.8 Å². The quantitative estimate of drug-likeness (QED) is 0.388. The molecular weight excluding hydrogens is 440 g/mol. The van der Waals surface area contributed by atoms with Crippen LogP contribution in [0.3, 0.4) is 0 Å². The average Bonchev–Trinajstić information content (AvgIpc) is 3.27. The third kappa shape index (κ3) is 5.29. The number of nitrogens with zero attached hydrogens (tertiary/aromatic N) is 4. The number of likely N-dealkylation sites (tertiary alicyclic amines) is 1. The summed E-state index contributed by atoms with van der Waals surface area (Å²) in [5.74, 6) is 1.71. The highest BCUT2D eigenvalue weighted by Gasteiger charge is 2.23. The molecule has 1 atom stereocenters. The number of ether oxygens (including phenoxy) is 2. The number of fused-ring (bicyclic) bond motifs is 1. The molecule has 4 aromatic rings. The third-order valence-electron chi connectivity index (χ3n) is 6.66. The van der Waals surface area contributed by atoms with Crippen LogP contribution in [0.15, 0.2) is 73.3 Å². The van der Waals surface area contributed by atoms with E-state index in [1.54, 1.807) is 25.4 Å². The predicted molar refractivity (Wildman–Crippen MR) is 134 cm³/mol. The van der Waals surface area contributed by atoms with E-state index in [-0.39, 0.29) is 5.91 Å². The summed E-state index contributed by atoms with van der Waals surface area (Å²) in [5.41, 5.74) is 3.73. The van der Waals surface area contributed by atoms with Crippen molar-refractivity contribution in [2.75, 3.05) is 20.2 Å². The summed E-state index contributed by atoms with van der Waals surface area (Å²) in [6.07, 6.45) is 11.6. The topological polar surface area (TPSA) is 69.0 Å². The van der Waals surface area contributed by atoms with Gasteiger partial charge in [0, 0.05) is 43.4 Å². The summed E-state index contributed by atoms with van der Waals surface area (Å²) < 4.78 is 13.5. The number of pyridine rings is 2. The van der Waals surface area contributed by atoms with Crippen LogP contribution in [0.5, 0.6) is 11.5 Å². The maximum atomic E-state index is 13.4. The third-order valence-corrected chi connectivity index (χ3v) is 6.66. The fourth-order valence-electron chi connectivity index (χ4n) is 4.79. The lowest BCUT2D eigenvalue weighted by molar-refractivity contribution is 0.0759. The molecule has 1 aliphatic heterocycles. The van der Waals surface area contributed by atoms with Crippen molar-refractivity contribution in [1.82, 2.24) is 19.3 Å². The number of imidazole rings is 1. The molecule has 1 fully saturated rings. The summed E-state index contributed by atoms with van der Waals surface area (Å²) >= 11 is 0. The van der Waals surface area contributed by atoms with Crippen LogP contribution in [0.25, 0.3) is 5.65 Å². The van der Waals surface area contributed by atoms with Crippen LogP contribution in [0.4, 0.5) is 0 Å². The van der Waals surface area contributed by atoms with Gasteiger partial charge in [-0.1, -0.05) is 12.1 Å². The van der Waals surface area contributed by atoms with Gasteiger partial charge in [-0.2, -0.15) is 0 Å². The van der Waals surface area contributed by atoms with Crippen molar-refractivity contribution >= 4 is 11.6 Å². The smallest absolute Gasteiger partial charge is 0.253 e. The SMILES string of the molecule is COc1ccc(C(=O)N2CCC[C@H](Cc3cccn4ccnc34)CC2)cc1OCc1ccccn1. The first-order chi connectivity index (χ1) is 17.2. The van der Waals surface area contributed by atoms with Crippen LogP contribution in [0.1, 0.15) is 40.9 Å². The molecule has 4 heterocycles. The zero-order valence-electron chi connectivity index (χ0n) is 20.0. The van der Waals surface area contributed by atoms with Crippen molar-refractivity contribution in [1.29, 1.82) is 0 Å². The van der Waals surface area contributed by atoms with E-state index in [2.05, 4.69) is 26.5 Å². The van der Waals surface area contributed by atoms with Gasteiger partial charge in [0.15, 0.2) is 11.5 Å². The van der Waals surface area contributed by atoms with Crippen LogP contribution in [-0.2, 0) is 13.0 Å². The van der Waals surface area contributed by atoms with E-state index < -0.39 is 0 Å². The van der Waals surface area contributed by atoms with E-state index in [4.69, 9.17) is 9.47 Å². The zero-order valence-corrected chi connectivity index (χ0v) is 20.0. The second-order valence-corrected chi connectivity index (χ2v) is 8.96. The molecule has 0 saturated carbocycles. The Labute approximate surface area is 205 Å². The molecule has 5 rings (SSSR count). The normalized spacial score (nSPS) is 16.1. The van der Waals surface area contributed by atoms with Gasteiger partial charge in [0.25, 0.3) is 5.91 Å². The molecule has 7 heteroatoms. The summed E-state index contributed by atoms with van der Waals surface area (Å²) in [7, 11) is 1.60. The molecule has 0 spiro atoms. The van der Waals surface area contributed by atoms with Gasteiger partial charge in [0.2, 0.25) is 0 Å². The number of hydrogen-bond acceptors (Lipinski definition) is 5. The first-order valence-corrected chi connectivity index (χ1v) is 12.1. The van der Waals surface area contributed by atoms with Crippen molar-refractivity contribution < 1.29 is 14.3 Å². The Hall–Kier alpha value is -3.87. The lowest BCUT2D eigenvalue weighted by Gasteiger charge is -2.21. The second-order valence-electron chi connectivity index (χ2n) is 8.96. The first-order valence-electron chi connectivity index (χ1n) is 12.1. The number of carbonyl (C=O) groups excluding carboxylic acids is 1. The number of methoxy groups -OCH3 is 1. The molecule has 1 aliphatic rings. The molecule has 0 unspecified atom stereocenters. The molecule has 1 aromatic carbocycles. The van der Waals surface area contributed by atoms with Crippen LogP contribution in [-0.4, -0.2) is 45.4 Å². The van der Waals surface area contributed by atoms with Crippen molar-refractivity contribution in [2.24, 2.45) is 5.92 Å². The Morgan fingerprint density at radius 2 is 1.94 bits per heavy atom. The van der Waals surface area contributed by atoms with Crippen LogP contribution >= 0.6 is 0 Å². The van der Waals surface area contributed by atoms with Crippen LogP contribution < -0.4 is 9.47 Å². The Morgan fingerprint density at radius 3 is 2.80 bits per heavy atom. The van der Waals surface area contributed by atoms with E-state index in [1.807, 2.05) is 47.8 Å². The van der Waals surface area contributed by atoms with Gasteiger partial charge in [-0.3, -0.25) is 9.78 Å². The van der Waals surface area contributed by atoms with Crippen molar-refractivity contribution in [3.05, 3.63) is 90.1 Å². The maximum absolute atomic E-state index is 13.4. The van der Waals surface area contributed by atoms with Crippen LogP contribution in [0.2, 0.25) is 0 Å². The maximum Gasteiger partial charge on any atom is 0.253 e. The van der Waals surface area contributed by atoms with Crippen LogP contribution in [0, 0.1) is 5.92 Å². The first kappa shape index (κ1) is 22.9. The summed E-state index contributed by atoms with van der Waals surface area (Å²) in [6, 6.07) is 15.3. The number of amides is 1.